The van der Waals surface area contributed by atoms with E-state index in [4.69, 9.17) is 9.47 Å². The van der Waals surface area contributed by atoms with Crippen LogP contribution in [0.25, 0.3) is 11.3 Å². The Morgan fingerprint density at radius 1 is 1.11 bits per heavy atom. The van der Waals surface area contributed by atoms with Crippen LogP contribution in [0.3, 0.4) is 0 Å². The van der Waals surface area contributed by atoms with Gasteiger partial charge in [0.2, 0.25) is 0 Å². The SMILES string of the molecule is COC(=O)c1cccnc1-c1ccccc1OC. The second kappa shape index (κ2) is 5.31. The molecular formula is C14H13NO3. The number of pyridine rings is 1. The predicted octanol–water partition coefficient (Wildman–Crippen LogP) is 2.54. The van der Waals surface area contributed by atoms with Crippen LogP contribution in [0.5, 0.6) is 5.75 Å². The first-order chi connectivity index (χ1) is 8.77. The minimum atomic E-state index is -0.413. The monoisotopic (exact) mass is 243 g/mol. The summed E-state index contributed by atoms with van der Waals surface area (Å²) >= 11 is 0. The summed E-state index contributed by atoms with van der Waals surface area (Å²) in [5.41, 5.74) is 1.74. The highest BCUT2D eigenvalue weighted by atomic mass is 16.5. The predicted molar refractivity (Wildman–Crippen MR) is 67.6 cm³/mol. The first-order valence-corrected chi connectivity index (χ1v) is 5.44. The van der Waals surface area contributed by atoms with Crippen molar-refractivity contribution in [3.8, 4) is 17.0 Å². The highest BCUT2D eigenvalue weighted by Crippen LogP contribution is 2.30. The number of aromatic nitrogens is 1. The number of hydrogen-bond donors (Lipinski definition) is 0. The molecule has 0 saturated carbocycles. The van der Waals surface area contributed by atoms with Crippen LogP contribution in [0.1, 0.15) is 10.4 Å². The number of carbonyl (C=O) groups excluding carboxylic acids is 1. The summed E-state index contributed by atoms with van der Waals surface area (Å²) in [6, 6.07) is 10.8. The molecule has 0 atom stereocenters. The zero-order valence-electron chi connectivity index (χ0n) is 10.2. The molecule has 0 spiro atoms. The van der Waals surface area contributed by atoms with E-state index in [1.54, 1.807) is 25.4 Å². The van der Waals surface area contributed by atoms with Gasteiger partial charge in [0, 0.05) is 11.8 Å². The first kappa shape index (κ1) is 12.1. The normalized spacial score (nSPS) is 9.89. The maximum Gasteiger partial charge on any atom is 0.340 e. The lowest BCUT2D eigenvalue weighted by atomic mass is 10.0. The number of benzene rings is 1. The second-order valence-corrected chi connectivity index (χ2v) is 3.59. The van der Waals surface area contributed by atoms with Crippen molar-refractivity contribution in [1.82, 2.24) is 4.98 Å². The number of para-hydroxylation sites is 1. The summed E-state index contributed by atoms with van der Waals surface area (Å²) in [5.74, 6) is 0.255. The van der Waals surface area contributed by atoms with Gasteiger partial charge in [-0.25, -0.2) is 4.79 Å². The largest absolute Gasteiger partial charge is 0.496 e. The number of methoxy groups -OCH3 is 2. The molecule has 0 saturated heterocycles. The summed E-state index contributed by atoms with van der Waals surface area (Å²) in [4.78, 5) is 15.9. The van der Waals surface area contributed by atoms with Crippen molar-refractivity contribution in [2.75, 3.05) is 14.2 Å². The highest BCUT2D eigenvalue weighted by molar-refractivity contribution is 5.96. The fourth-order valence-electron chi connectivity index (χ4n) is 1.73. The van der Waals surface area contributed by atoms with Gasteiger partial charge >= 0.3 is 5.97 Å². The van der Waals surface area contributed by atoms with Gasteiger partial charge in [0.05, 0.1) is 25.5 Å². The summed E-state index contributed by atoms with van der Waals surface area (Å²) in [5, 5.41) is 0. The molecule has 92 valence electrons. The lowest BCUT2D eigenvalue weighted by Crippen LogP contribution is -2.05. The van der Waals surface area contributed by atoms with Gasteiger partial charge in [-0.3, -0.25) is 4.98 Å². The van der Waals surface area contributed by atoms with Crippen molar-refractivity contribution < 1.29 is 14.3 Å². The molecule has 1 aromatic heterocycles. The molecule has 0 aliphatic rings. The van der Waals surface area contributed by atoms with E-state index in [1.807, 2.05) is 24.3 Å². The van der Waals surface area contributed by atoms with E-state index in [-0.39, 0.29) is 0 Å². The molecule has 1 aromatic carbocycles. The van der Waals surface area contributed by atoms with Gasteiger partial charge in [-0.2, -0.15) is 0 Å². The Bertz CT molecular complexity index is 566. The quantitative estimate of drug-likeness (QED) is 0.777. The Morgan fingerprint density at radius 3 is 2.61 bits per heavy atom. The van der Waals surface area contributed by atoms with Crippen molar-refractivity contribution in [2.24, 2.45) is 0 Å². The molecule has 18 heavy (non-hydrogen) atoms. The van der Waals surface area contributed by atoms with Gasteiger partial charge in [-0.05, 0) is 24.3 Å². The molecule has 0 radical (unpaired) electrons. The van der Waals surface area contributed by atoms with Crippen molar-refractivity contribution in [2.45, 2.75) is 0 Å². The van der Waals surface area contributed by atoms with E-state index < -0.39 is 5.97 Å². The maximum absolute atomic E-state index is 11.7. The maximum atomic E-state index is 11.7. The Kier molecular flexibility index (Phi) is 3.57. The number of esters is 1. The van der Waals surface area contributed by atoms with Gasteiger partial charge in [-0.1, -0.05) is 12.1 Å². The van der Waals surface area contributed by atoms with Gasteiger partial charge in [0.1, 0.15) is 5.75 Å². The summed E-state index contributed by atoms with van der Waals surface area (Å²) in [6.07, 6.45) is 1.63. The average molecular weight is 243 g/mol. The standard InChI is InChI=1S/C14H13NO3/c1-17-12-8-4-3-6-10(12)13-11(14(16)18-2)7-5-9-15-13/h3-9H,1-2H3. The lowest BCUT2D eigenvalue weighted by Gasteiger charge is -2.10. The zero-order chi connectivity index (χ0) is 13.0. The molecule has 0 amide bonds. The van der Waals surface area contributed by atoms with Crippen LogP contribution in [0.2, 0.25) is 0 Å². The van der Waals surface area contributed by atoms with Crippen LogP contribution in [0, 0.1) is 0 Å². The van der Waals surface area contributed by atoms with E-state index in [9.17, 15) is 4.79 Å². The average Bonchev–Trinajstić information content (AvgIpc) is 2.46. The molecule has 2 rings (SSSR count). The van der Waals surface area contributed by atoms with Gasteiger partial charge in [-0.15, -0.1) is 0 Å². The first-order valence-electron chi connectivity index (χ1n) is 5.44. The lowest BCUT2D eigenvalue weighted by molar-refractivity contribution is 0.0601. The minimum Gasteiger partial charge on any atom is -0.496 e. The number of nitrogens with zero attached hydrogens (tertiary/aromatic N) is 1. The Balaban J connectivity index is 2.60. The third-order valence-corrected chi connectivity index (χ3v) is 2.58. The van der Waals surface area contributed by atoms with Crippen LogP contribution in [-0.4, -0.2) is 25.2 Å². The summed E-state index contributed by atoms with van der Waals surface area (Å²) < 4.78 is 10.0. The van der Waals surface area contributed by atoms with Gasteiger partial charge in [0.25, 0.3) is 0 Å². The Labute approximate surface area is 105 Å². The van der Waals surface area contributed by atoms with Crippen LogP contribution in [0.15, 0.2) is 42.6 Å². The molecule has 1 heterocycles. The van der Waals surface area contributed by atoms with E-state index in [2.05, 4.69) is 4.98 Å². The Morgan fingerprint density at radius 2 is 1.89 bits per heavy atom. The molecule has 4 heteroatoms. The highest BCUT2D eigenvalue weighted by Gasteiger charge is 2.16. The number of hydrogen-bond acceptors (Lipinski definition) is 4. The Hall–Kier alpha value is -2.36. The molecule has 0 aliphatic carbocycles. The van der Waals surface area contributed by atoms with Crippen LogP contribution in [0.4, 0.5) is 0 Å². The van der Waals surface area contributed by atoms with Crippen LogP contribution < -0.4 is 4.74 Å². The minimum absolute atomic E-state index is 0.413. The topological polar surface area (TPSA) is 48.4 Å². The number of ether oxygens (including phenoxy) is 2. The van der Waals surface area contributed by atoms with E-state index in [0.717, 1.165) is 5.56 Å². The van der Waals surface area contributed by atoms with Crippen molar-refractivity contribution in [3.63, 3.8) is 0 Å². The fraction of sp³-hybridized carbons (Fsp3) is 0.143. The van der Waals surface area contributed by atoms with Crippen LogP contribution >= 0.6 is 0 Å². The molecule has 2 aromatic rings. The van der Waals surface area contributed by atoms with E-state index in [0.29, 0.717) is 17.0 Å². The van der Waals surface area contributed by atoms with Crippen molar-refractivity contribution in [3.05, 3.63) is 48.2 Å². The molecular weight excluding hydrogens is 230 g/mol. The summed E-state index contributed by atoms with van der Waals surface area (Å²) in [7, 11) is 2.93. The smallest absolute Gasteiger partial charge is 0.340 e. The van der Waals surface area contributed by atoms with Crippen molar-refractivity contribution in [1.29, 1.82) is 0 Å². The molecule has 0 unspecified atom stereocenters. The summed E-state index contributed by atoms with van der Waals surface area (Å²) in [6.45, 7) is 0. The zero-order valence-corrected chi connectivity index (χ0v) is 10.2. The fourth-order valence-corrected chi connectivity index (χ4v) is 1.73. The number of carbonyl (C=O) groups is 1. The molecule has 4 nitrogen and oxygen atoms in total. The third-order valence-electron chi connectivity index (χ3n) is 2.58. The number of rotatable bonds is 3. The van der Waals surface area contributed by atoms with Gasteiger partial charge < -0.3 is 9.47 Å². The van der Waals surface area contributed by atoms with Crippen LogP contribution in [-0.2, 0) is 4.74 Å². The third kappa shape index (κ3) is 2.18. The van der Waals surface area contributed by atoms with E-state index in [1.165, 1.54) is 7.11 Å². The van der Waals surface area contributed by atoms with E-state index >= 15 is 0 Å². The second-order valence-electron chi connectivity index (χ2n) is 3.59. The molecule has 0 fully saturated rings. The molecule has 0 bridgehead atoms. The van der Waals surface area contributed by atoms with Crippen molar-refractivity contribution >= 4 is 5.97 Å². The molecule has 0 aliphatic heterocycles. The van der Waals surface area contributed by atoms with Gasteiger partial charge in [0.15, 0.2) is 0 Å². The molecule has 0 N–H and O–H groups in total.